The predicted molar refractivity (Wildman–Crippen MR) is 83.8 cm³/mol. The highest BCUT2D eigenvalue weighted by molar-refractivity contribution is 8.00. The molecule has 1 aromatic rings. The molecule has 1 saturated carbocycles. The third kappa shape index (κ3) is 3.55. The lowest BCUT2D eigenvalue weighted by Crippen LogP contribution is -2.34. The van der Waals surface area contributed by atoms with Gasteiger partial charge in [0.25, 0.3) is 0 Å². The summed E-state index contributed by atoms with van der Waals surface area (Å²) in [6.45, 7) is 7.27. The van der Waals surface area contributed by atoms with Gasteiger partial charge in [-0.3, -0.25) is 4.90 Å². The van der Waals surface area contributed by atoms with Crippen LogP contribution in [-0.2, 0) is 6.42 Å². The summed E-state index contributed by atoms with van der Waals surface area (Å²) in [5.41, 5.74) is 1.57. The second-order valence-electron chi connectivity index (χ2n) is 6.46. The van der Waals surface area contributed by atoms with Gasteiger partial charge in [-0.15, -0.1) is 11.8 Å². The molecule has 1 atom stereocenters. The van der Waals surface area contributed by atoms with Crippen molar-refractivity contribution in [3.63, 3.8) is 0 Å². The minimum atomic E-state index is 0.783. The van der Waals surface area contributed by atoms with E-state index in [4.69, 9.17) is 0 Å². The van der Waals surface area contributed by atoms with Gasteiger partial charge in [0.15, 0.2) is 0 Å². The Balaban J connectivity index is 1.55. The van der Waals surface area contributed by atoms with E-state index in [1.807, 2.05) is 0 Å². The van der Waals surface area contributed by atoms with E-state index in [1.165, 1.54) is 43.7 Å². The summed E-state index contributed by atoms with van der Waals surface area (Å²) in [6.07, 6.45) is 5.48. The zero-order valence-corrected chi connectivity index (χ0v) is 13.0. The maximum atomic E-state index is 2.77. The summed E-state index contributed by atoms with van der Waals surface area (Å²) in [5, 5.41) is 0.783. The number of fused-ring (bicyclic) bond motifs is 1. The number of rotatable bonds is 6. The molecule has 0 spiro atoms. The monoisotopic (exact) mass is 275 g/mol. The molecule has 0 saturated heterocycles. The molecule has 0 radical (unpaired) electrons. The van der Waals surface area contributed by atoms with Crippen LogP contribution < -0.4 is 0 Å². The number of benzene rings is 1. The van der Waals surface area contributed by atoms with Crippen LogP contribution >= 0.6 is 11.8 Å². The van der Waals surface area contributed by atoms with Crippen LogP contribution in [0.15, 0.2) is 29.2 Å². The lowest BCUT2D eigenvalue weighted by molar-refractivity contribution is 0.248. The molecule has 2 heteroatoms. The van der Waals surface area contributed by atoms with Gasteiger partial charge in [-0.25, -0.2) is 0 Å². The zero-order chi connectivity index (χ0) is 13.2. The normalized spacial score (nSPS) is 22.2. The number of hydrogen-bond donors (Lipinski definition) is 0. The zero-order valence-electron chi connectivity index (χ0n) is 12.1. The summed E-state index contributed by atoms with van der Waals surface area (Å²) in [5.74, 6) is 0.828. The van der Waals surface area contributed by atoms with E-state index >= 15 is 0 Å². The second kappa shape index (κ2) is 5.88. The Kier molecular flexibility index (Phi) is 4.18. The lowest BCUT2D eigenvalue weighted by Gasteiger charge is -2.25. The van der Waals surface area contributed by atoms with Crippen molar-refractivity contribution in [1.29, 1.82) is 0 Å². The Hall–Kier alpha value is -0.470. The van der Waals surface area contributed by atoms with Crippen molar-refractivity contribution in [1.82, 2.24) is 4.90 Å². The van der Waals surface area contributed by atoms with Gasteiger partial charge in [-0.1, -0.05) is 32.0 Å². The molecular weight excluding hydrogens is 250 g/mol. The maximum Gasteiger partial charge on any atom is 0.0263 e. The fourth-order valence-electron chi connectivity index (χ4n) is 2.90. The molecule has 0 N–H and O–H groups in total. The van der Waals surface area contributed by atoms with E-state index in [1.54, 1.807) is 5.56 Å². The molecule has 19 heavy (non-hydrogen) atoms. The molecule has 1 heterocycles. The van der Waals surface area contributed by atoms with Gasteiger partial charge in [0.2, 0.25) is 0 Å². The highest BCUT2D eigenvalue weighted by Gasteiger charge is 2.32. The van der Waals surface area contributed by atoms with Crippen molar-refractivity contribution >= 4 is 11.8 Å². The third-order valence-corrected chi connectivity index (χ3v) is 5.51. The van der Waals surface area contributed by atoms with Gasteiger partial charge in [0.1, 0.15) is 0 Å². The van der Waals surface area contributed by atoms with Gasteiger partial charge in [-0.2, -0.15) is 0 Å². The quantitative estimate of drug-likeness (QED) is 0.765. The molecule has 0 aromatic heterocycles. The minimum Gasteiger partial charge on any atom is -0.299 e. The van der Waals surface area contributed by atoms with Crippen LogP contribution in [0.25, 0.3) is 0 Å². The predicted octanol–water partition coefficient (Wildman–Crippen LogP) is 4.21. The summed E-state index contributed by atoms with van der Waals surface area (Å²) in [7, 11) is 0. The summed E-state index contributed by atoms with van der Waals surface area (Å²) >= 11 is 2.10. The average molecular weight is 275 g/mol. The van der Waals surface area contributed by atoms with Crippen molar-refractivity contribution in [3.05, 3.63) is 29.8 Å². The van der Waals surface area contributed by atoms with Crippen LogP contribution in [0.5, 0.6) is 0 Å². The first-order valence-electron chi connectivity index (χ1n) is 7.71. The Bertz CT molecular complexity index is 400. The molecule has 0 amide bonds. The van der Waals surface area contributed by atoms with Crippen molar-refractivity contribution in [3.8, 4) is 0 Å². The largest absolute Gasteiger partial charge is 0.299 e. The van der Waals surface area contributed by atoms with Gasteiger partial charge < -0.3 is 0 Å². The molecule has 1 nitrogen and oxygen atoms in total. The Labute approximate surface area is 121 Å². The fraction of sp³-hybridized carbons (Fsp3) is 0.647. The minimum absolute atomic E-state index is 0.783. The fourth-order valence-corrected chi connectivity index (χ4v) is 4.25. The van der Waals surface area contributed by atoms with E-state index in [0.29, 0.717) is 0 Å². The highest BCUT2D eigenvalue weighted by atomic mass is 32.2. The molecule has 104 valence electrons. The van der Waals surface area contributed by atoms with Gasteiger partial charge in [-0.05, 0) is 49.8 Å². The van der Waals surface area contributed by atoms with Crippen LogP contribution in [-0.4, -0.2) is 29.3 Å². The lowest BCUT2D eigenvalue weighted by atomic mass is 10.1. The molecule has 1 aromatic carbocycles. The molecule has 1 aliphatic carbocycles. The standard InChI is InChI=1S/C17H25NS/c1-13(2)9-10-18(15-7-8-15)12-16-11-14-5-3-4-6-17(14)19-16/h3-6,13,15-16H,7-12H2,1-2H3. The summed E-state index contributed by atoms with van der Waals surface area (Å²) in [4.78, 5) is 4.29. The first-order chi connectivity index (χ1) is 9.22. The Morgan fingerprint density at radius 3 is 2.74 bits per heavy atom. The topological polar surface area (TPSA) is 3.24 Å². The van der Waals surface area contributed by atoms with Gasteiger partial charge in [0, 0.05) is 22.7 Å². The van der Waals surface area contributed by atoms with Crippen LogP contribution in [0.1, 0.15) is 38.7 Å². The van der Waals surface area contributed by atoms with E-state index in [-0.39, 0.29) is 0 Å². The number of thioether (sulfide) groups is 1. The van der Waals surface area contributed by atoms with Crippen molar-refractivity contribution in [2.24, 2.45) is 5.92 Å². The third-order valence-electron chi connectivity index (χ3n) is 4.21. The van der Waals surface area contributed by atoms with E-state index in [2.05, 4.69) is 54.8 Å². The van der Waals surface area contributed by atoms with Crippen LogP contribution in [0.2, 0.25) is 0 Å². The SMILES string of the molecule is CC(C)CCN(CC1Cc2ccccc2S1)C1CC1. The van der Waals surface area contributed by atoms with E-state index in [0.717, 1.165) is 17.2 Å². The first kappa shape index (κ1) is 13.5. The molecule has 2 aliphatic rings. The number of hydrogen-bond acceptors (Lipinski definition) is 2. The summed E-state index contributed by atoms with van der Waals surface area (Å²) < 4.78 is 0. The van der Waals surface area contributed by atoms with Crippen molar-refractivity contribution in [2.45, 2.75) is 55.7 Å². The van der Waals surface area contributed by atoms with Crippen LogP contribution in [0.4, 0.5) is 0 Å². The molecule has 3 rings (SSSR count). The van der Waals surface area contributed by atoms with Crippen molar-refractivity contribution < 1.29 is 0 Å². The van der Waals surface area contributed by atoms with Crippen LogP contribution in [0.3, 0.4) is 0 Å². The Morgan fingerprint density at radius 1 is 1.26 bits per heavy atom. The number of nitrogens with zero attached hydrogens (tertiary/aromatic N) is 1. The second-order valence-corrected chi connectivity index (χ2v) is 7.80. The average Bonchev–Trinajstić information content (AvgIpc) is 3.14. The van der Waals surface area contributed by atoms with Crippen LogP contribution in [0, 0.1) is 5.92 Å². The van der Waals surface area contributed by atoms with E-state index < -0.39 is 0 Å². The first-order valence-corrected chi connectivity index (χ1v) is 8.59. The van der Waals surface area contributed by atoms with E-state index in [9.17, 15) is 0 Å². The molecular formula is C17H25NS. The van der Waals surface area contributed by atoms with Crippen molar-refractivity contribution in [2.75, 3.05) is 13.1 Å². The molecule has 1 aliphatic heterocycles. The van der Waals surface area contributed by atoms with Gasteiger partial charge >= 0.3 is 0 Å². The Morgan fingerprint density at radius 2 is 2.05 bits per heavy atom. The summed E-state index contributed by atoms with van der Waals surface area (Å²) in [6, 6.07) is 9.85. The molecule has 1 fully saturated rings. The maximum absolute atomic E-state index is 2.77. The molecule has 1 unspecified atom stereocenters. The highest BCUT2D eigenvalue weighted by Crippen LogP contribution is 2.38. The smallest absolute Gasteiger partial charge is 0.0263 e. The van der Waals surface area contributed by atoms with Gasteiger partial charge in [0.05, 0.1) is 0 Å². The molecule has 0 bridgehead atoms.